The van der Waals surface area contributed by atoms with Crippen molar-refractivity contribution < 1.29 is 13.2 Å². The molecule has 1 rings (SSSR count). The number of nitrogens with zero attached hydrogens (tertiary/aromatic N) is 1. The Hall–Kier alpha value is -0.0400. The van der Waals surface area contributed by atoms with E-state index in [1.807, 2.05) is 0 Å². The van der Waals surface area contributed by atoms with Crippen molar-refractivity contribution in [3.63, 3.8) is 0 Å². The highest BCUT2D eigenvalue weighted by Crippen LogP contribution is 2.31. The number of pyridine rings is 1. The summed E-state index contributed by atoms with van der Waals surface area (Å²) in [5.74, 6) is 0. The smallest absolute Gasteiger partial charge is 0.249 e. The molecule has 1 heterocycles. The Morgan fingerprint density at radius 3 is 2.42 bits per heavy atom. The summed E-state index contributed by atoms with van der Waals surface area (Å²) in [4.78, 5) is 3.18. The van der Waals surface area contributed by atoms with E-state index in [1.54, 1.807) is 22.6 Å². The number of hydrogen-bond acceptors (Lipinski definition) is 1. The number of alkyl halides is 3. The predicted molar refractivity (Wildman–Crippen MR) is 47.0 cm³/mol. The fourth-order valence-electron chi connectivity index (χ4n) is 0.623. The molecule has 0 aromatic carbocycles. The highest BCUT2D eigenvalue weighted by molar-refractivity contribution is 14.1. The lowest BCUT2D eigenvalue weighted by molar-refractivity contribution is -0.141. The molecule has 0 aliphatic heterocycles. The van der Waals surface area contributed by atoms with Crippen LogP contribution in [0.2, 0.25) is 5.02 Å². The topological polar surface area (TPSA) is 12.9 Å². The summed E-state index contributed by atoms with van der Waals surface area (Å²) in [5, 5.41) is 0.201. The molecule has 12 heavy (non-hydrogen) atoms. The van der Waals surface area contributed by atoms with E-state index in [9.17, 15) is 13.2 Å². The third-order valence-electron chi connectivity index (χ3n) is 1.08. The monoisotopic (exact) mass is 307 g/mol. The van der Waals surface area contributed by atoms with Crippen molar-refractivity contribution in [2.75, 3.05) is 0 Å². The van der Waals surface area contributed by atoms with Crippen LogP contribution in [0, 0.1) is 3.57 Å². The quantitative estimate of drug-likeness (QED) is 0.670. The lowest BCUT2D eigenvalue weighted by Gasteiger charge is -2.06. The zero-order chi connectivity index (χ0) is 9.35. The number of halogens is 5. The van der Waals surface area contributed by atoms with Gasteiger partial charge in [-0.15, -0.1) is 0 Å². The van der Waals surface area contributed by atoms with Gasteiger partial charge in [-0.1, -0.05) is 11.6 Å². The molecule has 1 aromatic rings. The molecule has 0 spiro atoms. The summed E-state index contributed by atoms with van der Waals surface area (Å²) < 4.78 is 36.2. The molecular formula is C6H2ClF3IN. The van der Waals surface area contributed by atoms with Gasteiger partial charge in [-0.2, -0.15) is 13.2 Å². The molecule has 0 saturated heterocycles. The molecule has 0 amide bonds. The molecule has 0 aliphatic rings. The van der Waals surface area contributed by atoms with Gasteiger partial charge in [0.15, 0.2) is 5.69 Å². The van der Waals surface area contributed by atoms with Crippen molar-refractivity contribution >= 4 is 34.2 Å². The average Bonchev–Trinajstić information content (AvgIpc) is 1.83. The van der Waals surface area contributed by atoms with Crippen molar-refractivity contribution in [1.29, 1.82) is 0 Å². The van der Waals surface area contributed by atoms with E-state index >= 15 is 0 Å². The summed E-state index contributed by atoms with van der Waals surface area (Å²) in [6.45, 7) is 0. The van der Waals surface area contributed by atoms with E-state index in [-0.39, 0.29) is 8.59 Å². The van der Waals surface area contributed by atoms with Gasteiger partial charge in [-0.25, -0.2) is 4.98 Å². The van der Waals surface area contributed by atoms with E-state index in [0.29, 0.717) is 0 Å². The van der Waals surface area contributed by atoms with Crippen molar-refractivity contribution in [3.8, 4) is 0 Å². The van der Waals surface area contributed by atoms with Crippen molar-refractivity contribution in [2.24, 2.45) is 0 Å². The van der Waals surface area contributed by atoms with E-state index in [2.05, 4.69) is 4.98 Å². The van der Waals surface area contributed by atoms with Crippen LogP contribution in [0.3, 0.4) is 0 Å². The van der Waals surface area contributed by atoms with Crippen LogP contribution < -0.4 is 0 Å². The zero-order valence-electron chi connectivity index (χ0n) is 5.49. The molecule has 0 N–H and O–H groups in total. The Balaban J connectivity index is 3.19. The molecule has 0 radical (unpaired) electrons. The average molecular weight is 307 g/mol. The van der Waals surface area contributed by atoms with Gasteiger partial charge >= 0.3 is 6.18 Å². The van der Waals surface area contributed by atoms with Gasteiger partial charge in [0.25, 0.3) is 0 Å². The van der Waals surface area contributed by atoms with Crippen LogP contribution in [0.15, 0.2) is 12.3 Å². The minimum Gasteiger partial charge on any atom is -0.249 e. The van der Waals surface area contributed by atoms with Crippen LogP contribution in [0.5, 0.6) is 0 Å². The minimum atomic E-state index is -4.40. The van der Waals surface area contributed by atoms with Crippen LogP contribution in [0.25, 0.3) is 0 Å². The van der Waals surface area contributed by atoms with Crippen molar-refractivity contribution in [3.05, 3.63) is 26.5 Å². The fraction of sp³-hybridized carbons (Fsp3) is 0.167. The first kappa shape index (κ1) is 10.0. The van der Waals surface area contributed by atoms with Crippen LogP contribution in [-0.2, 0) is 6.18 Å². The standard InChI is InChI=1S/C6H2ClF3IN/c7-3-1-4(11)5(12-2-3)6(8,9)10/h1-2H. The summed E-state index contributed by atoms with van der Waals surface area (Å²) in [5.41, 5.74) is -0.896. The van der Waals surface area contributed by atoms with Gasteiger partial charge in [0.05, 0.1) is 5.02 Å². The summed E-state index contributed by atoms with van der Waals surface area (Å²) in [6.07, 6.45) is -3.42. The lowest BCUT2D eigenvalue weighted by Crippen LogP contribution is -2.09. The second-order valence-corrected chi connectivity index (χ2v) is 3.58. The van der Waals surface area contributed by atoms with Gasteiger partial charge < -0.3 is 0 Å². The molecule has 0 fully saturated rings. The molecule has 0 bridgehead atoms. The second kappa shape index (κ2) is 3.37. The Morgan fingerprint density at radius 1 is 1.42 bits per heavy atom. The third kappa shape index (κ3) is 2.22. The third-order valence-corrected chi connectivity index (χ3v) is 2.11. The number of hydrogen-bond donors (Lipinski definition) is 0. The Labute approximate surface area is 85.1 Å². The van der Waals surface area contributed by atoms with Gasteiger partial charge in [-0.3, -0.25) is 0 Å². The Bertz CT molecular complexity index is 299. The van der Waals surface area contributed by atoms with Crippen LogP contribution >= 0.6 is 34.2 Å². The molecule has 0 unspecified atom stereocenters. The molecule has 1 aromatic heterocycles. The summed E-state index contributed by atoms with van der Waals surface area (Å²) in [6, 6.07) is 1.22. The zero-order valence-corrected chi connectivity index (χ0v) is 8.41. The van der Waals surface area contributed by atoms with Gasteiger partial charge in [0, 0.05) is 9.77 Å². The van der Waals surface area contributed by atoms with Crippen molar-refractivity contribution in [2.45, 2.75) is 6.18 Å². The molecule has 0 atom stereocenters. The second-order valence-electron chi connectivity index (χ2n) is 1.98. The largest absolute Gasteiger partial charge is 0.434 e. The highest BCUT2D eigenvalue weighted by atomic mass is 127. The molecule has 1 nitrogen and oxygen atoms in total. The molecular weight excluding hydrogens is 305 g/mol. The number of rotatable bonds is 0. The van der Waals surface area contributed by atoms with Crippen LogP contribution in [0.4, 0.5) is 13.2 Å². The number of aromatic nitrogens is 1. The maximum absolute atomic E-state index is 12.1. The van der Waals surface area contributed by atoms with Gasteiger partial charge in [0.1, 0.15) is 0 Å². The Kier molecular flexibility index (Phi) is 2.82. The Morgan fingerprint density at radius 2 is 2.00 bits per heavy atom. The first-order valence-corrected chi connectivity index (χ1v) is 4.25. The molecule has 0 aliphatic carbocycles. The maximum atomic E-state index is 12.1. The van der Waals surface area contributed by atoms with E-state index < -0.39 is 11.9 Å². The highest BCUT2D eigenvalue weighted by Gasteiger charge is 2.34. The molecule has 6 heteroatoms. The van der Waals surface area contributed by atoms with Gasteiger partial charge in [0.2, 0.25) is 0 Å². The first-order valence-electron chi connectivity index (χ1n) is 2.79. The van der Waals surface area contributed by atoms with Crippen LogP contribution in [-0.4, -0.2) is 4.98 Å². The minimum absolute atomic E-state index is 0.00704. The molecule has 66 valence electrons. The predicted octanol–water partition coefficient (Wildman–Crippen LogP) is 3.36. The maximum Gasteiger partial charge on any atom is 0.434 e. The fourth-order valence-corrected chi connectivity index (χ4v) is 1.75. The normalized spacial score (nSPS) is 11.8. The van der Waals surface area contributed by atoms with E-state index in [0.717, 1.165) is 6.20 Å². The van der Waals surface area contributed by atoms with Crippen molar-refractivity contribution in [1.82, 2.24) is 4.98 Å². The summed E-state index contributed by atoms with van der Waals surface area (Å²) in [7, 11) is 0. The molecule has 0 saturated carbocycles. The summed E-state index contributed by atoms with van der Waals surface area (Å²) >= 11 is 6.98. The SMILES string of the molecule is FC(F)(F)c1ncc(Cl)cc1I. The van der Waals surface area contributed by atoms with Crippen LogP contribution in [0.1, 0.15) is 5.69 Å². The van der Waals surface area contributed by atoms with E-state index in [4.69, 9.17) is 11.6 Å². The van der Waals surface area contributed by atoms with Gasteiger partial charge in [-0.05, 0) is 28.7 Å². The lowest BCUT2D eigenvalue weighted by atomic mass is 10.3. The first-order chi connectivity index (χ1) is 5.41. The van der Waals surface area contributed by atoms with E-state index in [1.165, 1.54) is 6.07 Å².